The Morgan fingerprint density at radius 3 is 2.68 bits per heavy atom. The summed E-state index contributed by atoms with van der Waals surface area (Å²) in [5, 5.41) is 11.1. The van der Waals surface area contributed by atoms with Crippen molar-refractivity contribution >= 4 is 17.0 Å². The van der Waals surface area contributed by atoms with E-state index in [0.717, 1.165) is 35.0 Å². The summed E-state index contributed by atoms with van der Waals surface area (Å²) in [6.07, 6.45) is 2.96. The first-order valence-corrected chi connectivity index (χ1v) is 7.49. The van der Waals surface area contributed by atoms with Crippen LogP contribution in [0.4, 0.5) is 5.69 Å². The second-order valence-electron chi connectivity index (χ2n) is 5.75. The summed E-state index contributed by atoms with van der Waals surface area (Å²) in [7, 11) is 1.95. The molecule has 0 aromatic carbocycles. The molecule has 0 radical (unpaired) electrons. The maximum atomic E-state index is 4.69. The molecule has 2 aromatic rings. The van der Waals surface area contributed by atoms with Gasteiger partial charge in [-0.25, -0.2) is 4.98 Å². The average molecular weight is 278 g/mol. The molecular formula is C14H22N4S. The zero-order valence-corrected chi connectivity index (χ0v) is 13.1. The highest BCUT2D eigenvalue weighted by Crippen LogP contribution is 2.24. The number of aryl methyl sites for hydroxylation is 2. The summed E-state index contributed by atoms with van der Waals surface area (Å²) in [5.41, 5.74) is 3.50. The number of hydrogen-bond donors (Lipinski definition) is 1. The lowest BCUT2D eigenvalue weighted by Crippen LogP contribution is -2.12. The van der Waals surface area contributed by atoms with Gasteiger partial charge in [0.1, 0.15) is 5.01 Å². The van der Waals surface area contributed by atoms with Gasteiger partial charge in [-0.3, -0.25) is 4.68 Å². The number of hydrogen-bond acceptors (Lipinski definition) is 4. The molecule has 0 spiro atoms. The third-order valence-corrected chi connectivity index (χ3v) is 3.84. The highest BCUT2D eigenvalue weighted by molar-refractivity contribution is 7.09. The summed E-state index contributed by atoms with van der Waals surface area (Å²) in [6.45, 7) is 9.45. The van der Waals surface area contributed by atoms with Gasteiger partial charge in [-0.1, -0.05) is 27.7 Å². The molecule has 1 N–H and O–H groups in total. The van der Waals surface area contributed by atoms with E-state index in [1.807, 2.05) is 17.9 Å². The van der Waals surface area contributed by atoms with Gasteiger partial charge in [0.05, 0.1) is 23.6 Å². The Morgan fingerprint density at radius 2 is 2.11 bits per heavy atom. The Balaban J connectivity index is 2.04. The van der Waals surface area contributed by atoms with E-state index in [9.17, 15) is 0 Å². The van der Waals surface area contributed by atoms with Crippen molar-refractivity contribution in [3.63, 3.8) is 0 Å². The molecule has 19 heavy (non-hydrogen) atoms. The SMILES string of the molecule is CCc1nn(C)cc1NCc1nc(C(C)(C)C)cs1. The van der Waals surface area contributed by atoms with E-state index in [-0.39, 0.29) is 5.41 Å². The standard InChI is InChI=1S/C14H22N4S/c1-6-10-11(8-18(5)17-10)15-7-13-16-12(9-19-13)14(2,3)4/h8-9,15H,6-7H2,1-5H3. The molecule has 2 heterocycles. The van der Waals surface area contributed by atoms with Crippen LogP contribution >= 0.6 is 11.3 Å². The van der Waals surface area contributed by atoms with Crippen LogP contribution in [0.3, 0.4) is 0 Å². The normalized spacial score (nSPS) is 11.8. The minimum absolute atomic E-state index is 0.123. The Hall–Kier alpha value is -1.36. The van der Waals surface area contributed by atoms with Crippen LogP contribution in [-0.4, -0.2) is 14.8 Å². The third-order valence-electron chi connectivity index (χ3n) is 2.99. The molecule has 5 heteroatoms. The second kappa shape index (κ2) is 5.33. The van der Waals surface area contributed by atoms with Gasteiger partial charge in [-0.2, -0.15) is 5.10 Å². The monoisotopic (exact) mass is 278 g/mol. The van der Waals surface area contributed by atoms with E-state index >= 15 is 0 Å². The average Bonchev–Trinajstić information content (AvgIpc) is 2.91. The predicted molar refractivity (Wildman–Crippen MR) is 80.7 cm³/mol. The van der Waals surface area contributed by atoms with Crippen molar-refractivity contribution in [3.8, 4) is 0 Å². The first kappa shape index (κ1) is 14.1. The zero-order chi connectivity index (χ0) is 14.0. The maximum absolute atomic E-state index is 4.69. The quantitative estimate of drug-likeness (QED) is 0.932. The first-order valence-electron chi connectivity index (χ1n) is 6.61. The number of nitrogens with zero attached hydrogens (tertiary/aromatic N) is 3. The number of rotatable bonds is 4. The molecule has 0 saturated heterocycles. The summed E-state index contributed by atoms with van der Waals surface area (Å²) >= 11 is 1.72. The minimum Gasteiger partial charge on any atom is -0.376 e. The van der Waals surface area contributed by atoms with Gasteiger partial charge in [0.2, 0.25) is 0 Å². The summed E-state index contributed by atoms with van der Waals surface area (Å²) in [4.78, 5) is 4.69. The van der Waals surface area contributed by atoms with Crippen molar-refractivity contribution in [2.75, 3.05) is 5.32 Å². The van der Waals surface area contributed by atoms with Gasteiger partial charge in [0.25, 0.3) is 0 Å². The molecule has 0 amide bonds. The van der Waals surface area contributed by atoms with Crippen molar-refractivity contribution in [1.29, 1.82) is 0 Å². The fourth-order valence-corrected chi connectivity index (χ4v) is 2.81. The number of aromatic nitrogens is 3. The summed E-state index contributed by atoms with van der Waals surface area (Å²) in [5.74, 6) is 0. The van der Waals surface area contributed by atoms with E-state index in [4.69, 9.17) is 0 Å². The third kappa shape index (κ3) is 3.35. The van der Waals surface area contributed by atoms with E-state index in [0.29, 0.717) is 0 Å². The fraction of sp³-hybridized carbons (Fsp3) is 0.571. The number of thiazole rings is 1. The second-order valence-corrected chi connectivity index (χ2v) is 6.69. The molecule has 0 atom stereocenters. The maximum Gasteiger partial charge on any atom is 0.112 e. The van der Waals surface area contributed by atoms with Crippen molar-refractivity contribution in [2.45, 2.75) is 46.1 Å². The molecule has 2 aromatic heterocycles. The van der Waals surface area contributed by atoms with Crippen molar-refractivity contribution in [3.05, 3.63) is 28.0 Å². The van der Waals surface area contributed by atoms with E-state index < -0.39 is 0 Å². The van der Waals surface area contributed by atoms with Crippen LogP contribution in [0.2, 0.25) is 0 Å². The van der Waals surface area contributed by atoms with Gasteiger partial charge in [-0.05, 0) is 6.42 Å². The molecule has 0 fully saturated rings. The molecule has 0 unspecified atom stereocenters. The lowest BCUT2D eigenvalue weighted by Gasteiger charge is -2.14. The molecule has 0 aliphatic heterocycles. The van der Waals surface area contributed by atoms with Crippen LogP contribution in [0.25, 0.3) is 0 Å². The van der Waals surface area contributed by atoms with Gasteiger partial charge >= 0.3 is 0 Å². The Morgan fingerprint density at radius 1 is 1.37 bits per heavy atom. The van der Waals surface area contributed by atoms with Crippen molar-refractivity contribution < 1.29 is 0 Å². The van der Waals surface area contributed by atoms with Crippen molar-refractivity contribution in [1.82, 2.24) is 14.8 Å². The topological polar surface area (TPSA) is 42.7 Å². The highest BCUT2D eigenvalue weighted by Gasteiger charge is 2.17. The smallest absolute Gasteiger partial charge is 0.112 e. The van der Waals surface area contributed by atoms with Gasteiger partial charge < -0.3 is 5.32 Å². The van der Waals surface area contributed by atoms with Crippen LogP contribution < -0.4 is 5.32 Å². The number of nitrogens with one attached hydrogen (secondary N) is 1. The van der Waals surface area contributed by atoms with E-state index in [1.165, 1.54) is 0 Å². The van der Waals surface area contributed by atoms with E-state index in [1.54, 1.807) is 11.3 Å². The minimum atomic E-state index is 0.123. The predicted octanol–water partition coefficient (Wildman–Crippen LogP) is 3.35. The molecule has 0 aliphatic rings. The van der Waals surface area contributed by atoms with Crippen molar-refractivity contribution in [2.24, 2.45) is 7.05 Å². The highest BCUT2D eigenvalue weighted by atomic mass is 32.1. The fourth-order valence-electron chi connectivity index (χ4n) is 1.85. The van der Waals surface area contributed by atoms with Crippen LogP contribution in [-0.2, 0) is 25.4 Å². The number of anilines is 1. The van der Waals surface area contributed by atoms with Crippen LogP contribution in [0.15, 0.2) is 11.6 Å². The lowest BCUT2D eigenvalue weighted by atomic mass is 9.93. The Bertz CT molecular complexity index is 548. The van der Waals surface area contributed by atoms with Crippen LogP contribution in [0.1, 0.15) is 44.1 Å². The lowest BCUT2D eigenvalue weighted by molar-refractivity contribution is 0.571. The summed E-state index contributed by atoms with van der Waals surface area (Å²) < 4.78 is 1.85. The van der Waals surface area contributed by atoms with Gasteiger partial charge in [0, 0.05) is 24.0 Å². The summed E-state index contributed by atoms with van der Waals surface area (Å²) in [6, 6.07) is 0. The van der Waals surface area contributed by atoms with Crippen LogP contribution in [0.5, 0.6) is 0 Å². The van der Waals surface area contributed by atoms with Gasteiger partial charge in [0.15, 0.2) is 0 Å². The Labute approximate surface area is 118 Å². The molecule has 0 bridgehead atoms. The van der Waals surface area contributed by atoms with E-state index in [2.05, 4.69) is 48.5 Å². The van der Waals surface area contributed by atoms with Crippen LogP contribution in [0, 0.1) is 0 Å². The Kier molecular flexibility index (Phi) is 3.94. The zero-order valence-electron chi connectivity index (χ0n) is 12.3. The molecule has 0 aliphatic carbocycles. The van der Waals surface area contributed by atoms with Gasteiger partial charge in [-0.15, -0.1) is 11.3 Å². The molecule has 104 valence electrons. The first-order chi connectivity index (χ1) is 8.90. The molecule has 2 rings (SSSR count). The molecular weight excluding hydrogens is 256 g/mol. The molecule has 4 nitrogen and oxygen atoms in total. The molecule has 0 saturated carbocycles. The largest absolute Gasteiger partial charge is 0.376 e.